The van der Waals surface area contributed by atoms with Crippen molar-refractivity contribution in [1.29, 1.82) is 0 Å². The molecule has 1 saturated heterocycles. The lowest BCUT2D eigenvalue weighted by molar-refractivity contribution is 0.107. The summed E-state index contributed by atoms with van der Waals surface area (Å²) in [5.74, 6) is 1.01. The molecule has 3 rings (SSSR count). The fourth-order valence-electron chi connectivity index (χ4n) is 2.88. The lowest BCUT2D eigenvalue weighted by Crippen LogP contribution is -2.52. The highest BCUT2D eigenvalue weighted by atomic mass is 16.3. The van der Waals surface area contributed by atoms with Crippen LogP contribution < -0.4 is 5.32 Å². The molecule has 104 valence electrons. The minimum Gasteiger partial charge on any atom is -0.395 e. The smallest absolute Gasteiger partial charge is 0.0597 e. The normalized spacial score (nSPS) is 28.5. The van der Waals surface area contributed by atoms with Gasteiger partial charge in [0.2, 0.25) is 0 Å². The summed E-state index contributed by atoms with van der Waals surface area (Å²) in [6, 6.07) is 0.978. The van der Waals surface area contributed by atoms with Gasteiger partial charge in [-0.15, -0.1) is 0 Å². The molecule has 18 heavy (non-hydrogen) atoms. The maximum atomic E-state index is 9.41. The summed E-state index contributed by atoms with van der Waals surface area (Å²) in [4.78, 5) is 5.14. The Kier molecular flexibility index (Phi) is 4.19. The molecule has 1 aliphatic heterocycles. The summed E-state index contributed by atoms with van der Waals surface area (Å²) in [5, 5.41) is 12.9. The third-order valence-electron chi connectivity index (χ3n) is 4.43. The SMILES string of the molecule is OCC(CN1CCN(CC2CC2)CC1)NC1CC1. The quantitative estimate of drug-likeness (QED) is 0.676. The van der Waals surface area contributed by atoms with E-state index in [1.807, 2.05) is 0 Å². The second-order valence-electron chi connectivity index (χ2n) is 6.37. The molecule has 0 aromatic carbocycles. The second-order valence-corrected chi connectivity index (χ2v) is 6.37. The van der Waals surface area contributed by atoms with Gasteiger partial charge in [-0.1, -0.05) is 0 Å². The van der Waals surface area contributed by atoms with Crippen LogP contribution in [0.1, 0.15) is 25.7 Å². The predicted octanol–water partition coefficient (Wildman–Crippen LogP) is 0.127. The lowest BCUT2D eigenvalue weighted by Gasteiger charge is -2.36. The number of aliphatic hydroxyl groups excluding tert-OH is 1. The molecule has 2 saturated carbocycles. The van der Waals surface area contributed by atoms with Crippen LogP contribution in [0.2, 0.25) is 0 Å². The topological polar surface area (TPSA) is 38.7 Å². The Morgan fingerprint density at radius 1 is 1.00 bits per heavy atom. The van der Waals surface area contributed by atoms with Crippen LogP contribution in [0.4, 0.5) is 0 Å². The van der Waals surface area contributed by atoms with Crippen molar-refractivity contribution in [3.63, 3.8) is 0 Å². The zero-order chi connectivity index (χ0) is 12.4. The summed E-state index contributed by atoms with van der Waals surface area (Å²) in [6.45, 7) is 7.42. The van der Waals surface area contributed by atoms with Crippen molar-refractivity contribution in [3.8, 4) is 0 Å². The average Bonchev–Trinajstić information content (AvgIpc) is 3.26. The van der Waals surface area contributed by atoms with Crippen LogP contribution in [0.25, 0.3) is 0 Å². The van der Waals surface area contributed by atoms with Crippen molar-refractivity contribution in [2.45, 2.75) is 37.8 Å². The van der Waals surface area contributed by atoms with Gasteiger partial charge in [0, 0.05) is 51.4 Å². The van der Waals surface area contributed by atoms with Gasteiger partial charge in [-0.05, 0) is 31.6 Å². The fraction of sp³-hybridized carbons (Fsp3) is 1.00. The molecular formula is C14H27N3O. The van der Waals surface area contributed by atoms with Crippen molar-refractivity contribution in [2.24, 2.45) is 5.92 Å². The van der Waals surface area contributed by atoms with Crippen LogP contribution in [0.3, 0.4) is 0 Å². The molecular weight excluding hydrogens is 226 g/mol. The number of hydrogen-bond acceptors (Lipinski definition) is 4. The van der Waals surface area contributed by atoms with Crippen LogP contribution in [0, 0.1) is 5.92 Å². The molecule has 0 bridgehead atoms. The maximum Gasteiger partial charge on any atom is 0.0597 e. The molecule has 0 amide bonds. The predicted molar refractivity (Wildman–Crippen MR) is 72.6 cm³/mol. The molecule has 0 radical (unpaired) electrons. The molecule has 1 unspecified atom stereocenters. The molecule has 1 atom stereocenters. The molecule has 3 aliphatic rings. The van der Waals surface area contributed by atoms with Crippen LogP contribution in [-0.4, -0.2) is 72.9 Å². The van der Waals surface area contributed by atoms with Gasteiger partial charge >= 0.3 is 0 Å². The molecule has 2 aliphatic carbocycles. The Labute approximate surface area is 110 Å². The Morgan fingerprint density at radius 2 is 1.67 bits per heavy atom. The van der Waals surface area contributed by atoms with Gasteiger partial charge in [-0.2, -0.15) is 0 Å². The zero-order valence-electron chi connectivity index (χ0n) is 11.4. The minimum atomic E-state index is 0.277. The van der Waals surface area contributed by atoms with Gasteiger partial charge in [-0.3, -0.25) is 4.90 Å². The second kappa shape index (κ2) is 5.87. The van der Waals surface area contributed by atoms with E-state index in [0.717, 1.165) is 12.5 Å². The van der Waals surface area contributed by atoms with Crippen molar-refractivity contribution < 1.29 is 5.11 Å². The highest BCUT2D eigenvalue weighted by molar-refractivity contribution is 4.87. The van der Waals surface area contributed by atoms with Gasteiger partial charge in [0.15, 0.2) is 0 Å². The average molecular weight is 253 g/mol. The molecule has 3 fully saturated rings. The minimum absolute atomic E-state index is 0.277. The molecule has 0 spiro atoms. The van der Waals surface area contributed by atoms with E-state index in [2.05, 4.69) is 15.1 Å². The Bertz CT molecular complexity index is 258. The van der Waals surface area contributed by atoms with E-state index in [-0.39, 0.29) is 12.6 Å². The zero-order valence-corrected chi connectivity index (χ0v) is 11.4. The van der Waals surface area contributed by atoms with Gasteiger partial charge in [0.25, 0.3) is 0 Å². The Balaban J connectivity index is 1.35. The van der Waals surface area contributed by atoms with E-state index < -0.39 is 0 Å². The molecule has 0 aromatic rings. The van der Waals surface area contributed by atoms with Gasteiger partial charge < -0.3 is 15.3 Å². The first-order valence-electron chi connectivity index (χ1n) is 7.65. The summed E-state index contributed by atoms with van der Waals surface area (Å²) < 4.78 is 0. The van der Waals surface area contributed by atoms with E-state index in [0.29, 0.717) is 6.04 Å². The van der Waals surface area contributed by atoms with Crippen molar-refractivity contribution in [1.82, 2.24) is 15.1 Å². The standard InChI is InChI=1S/C14H27N3O/c18-11-14(15-13-3-4-13)10-17-7-5-16(6-8-17)9-12-1-2-12/h12-15,18H,1-11H2. The fourth-order valence-corrected chi connectivity index (χ4v) is 2.88. The third kappa shape index (κ3) is 3.92. The lowest BCUT2D eigenvalue weighted by atomic mass is 10.2. The molecule has 4 nitrogen and oxygen atoms in total. The van der Waals surface area contributed by atoms with E-state index in [1.165, 1.54) is 58.4 Å². The summed E-state index contributed by atoms with van der Waals surface area (Å²) in [6.07, 6.45) is 5.51. The van der Waals surface area contributed by atoms with Gasteiger partial charge in [0.05, 0.1) is 6.61 Å². The number of hydrogen-bond donors (Lipinski definition) is 2. The van der Waals surface area contributed by atoms with Gasteiger partial charge in [-0.25, -0.2) is 0 Å². The molecule has 0 aromatic heterocycles. The van der Waals surface area contributed by atoms with Crippen molar-refractivity contribution >= 4 is 0 Å². The highest BCUT2D eigenvalue weighted by Crippen LogP contribution is 2.29. The Morgan fingerprint density at radius 3 is 2.22 bits per heavy atom. The van der Waals surface area contributed by atoms with Gasteiger partial charge in [0.1, 0.15) is 0 Å². The Hall–Kier alpha value is -0.160. The first kappa shape index (κ1) is 12.9. The number of aliphatic hydroxyl groups is 1. The number of rotatable bonds is 7. The number of piperazine rings is 1. The van der Waals surface area contributed by atoms with E-state index in [4.69, 9.17) is 0 Å². The number of nitrogens with one attached hydrogen (secondary N) is 1. The summed E-state index contributed by atoms with van der Waals surface area (Å²) in [7, 11) is 0. The highest BCUT2D eigenvalue weighted by Gasteiger charge is 2.28. The first-order valence-corrected chi connectivity index (χ1v) is 7.65. The van der Waals surface area contributed by atoms with Crippen LogP contribution in [0.5, 0.6) is 0 Å². The molecule has 2 N–H and O–H groups in total. The third-order valence-corrected chi connectivity index (χ3v) is 4.43. The largest absolute Gasteiger partial charge is 0.395 e. The number of nitrogens with zero attached hydrogens (tertiary/aromatic N) is 2. The maximum absolute atomic E-state index is 9.41. The van der Waals surface area contributed by atoms with Crippen LogP contribution in [0.15, 0.2) is 0 Å². The van der Waals surface area contributed by atoms with E-state index in [9.17, 15) is 5.11 Å². The summed E-state index contributed by atoms with van der Waals surface area (Å²) in [5.41, 5.74) is 0. The summed E-state index contributed by atoms with van der Waals surface area (Å²) >= 11 is 0. The monoisotopic (exact) mass is 253 g/mol. The van der Waals surface area contributed by atoms with Crippen molar-refractivity contribution in [2.75, 3.05) is 45.9 Å². The van der Waals surface area contributed by atoms with Crippen LogP contribution >= 0.6 is 0 Å². The molecule has 4 heteroatoms. The first-order chi connectivity index (χ1) is 8.83. The van der Waals surface area contributed by atoms with E-state index in [1.54, 1.807) is 0 Å². The molecule has 1 heterocycles. The van der Waals surface area contributed by atoms with E-state index >= 15 is 0 Å². The van der Waals surface area contributed by atoms with Crippen molar-refractivity contribution in [3.05, 3.63) is 0 Å². The van der Waals surface area contributed by atoms with Crippen LogP contribution in [-0.2, 0) is 0 Å².